The van der Waals surface area contributed by atoms with Crippen molar-refractivity contribution in [3.63, 3.8) is 0 Å². The SMILES string of the molecule is CCCCCOc1ccc(NC(=S)NC(=O)C2CCc3nccn3C2)cc1. The molecule has 1 aliphatic rings. The number of nitrogens with one attached hydrogen (secondary N) is 2. The van der Waals surface area contributed by atoms with Crippen molar-refractivity contribution >= 4 is 28.9 Å². The Labute approximate surface area is 165 Å². The molecule has 0 spiro atoms. The third kappa shape index (κ3) is 5.53. The molecule has 3 rings (SSSR count). The number of hydrogen-bond acceptors (Lipinski definition) is 4. The maximum absolute atomic E-state index is 12.5. The van der Waals surface area contributed by atoms with E-state index in [2.05, 4.69) is 22.5 Å². The van der Waals surface area contributed by atoms with Crippen LogP contribution in [0.2, 0.25) is 0 Å². The molecule has 1 atom stereocenters. The molecule has 0 saturated heterocycles. The van der Waals surface area contributed by atoms with E-state index in [4.69, 9.17) is 17.0 Å². The van der Waals surface area contributed by atoms with E-state index in [1.807, 2.05) is 35.0 Å². The summed E-state index contributed by atoms with van der Waals surface area (Å²) in [6.07, 6.45) is 8.71. The number of ether oxygens (including phenoxy) is 1. The van der Waals surface area contributed by atoms with Crippen molar-refractivity contribution in [2.45, 2.75) is 45.6 Å². The van der Waals surface area contributed by atoms with E-state index in [1.54, 1.807) is 6.20 Å². The van der Waals surface area contributed by atoms with Gasteiger partial charge in [0.2, 0.25) is 5.91 Å². The molecule has 1 unspecified atom stereocenters. The van der Waals surface area contributed by atoms with Gasteiger partial charge in [0.15, 0.2) is 5.11 Å². The van der Waals surface area contributed by atoms with Crippen molar-refractivity contribution in [1.82, 2.24) is 14.9 Å². The first kappa shape index (κ1) is 19.4. The minimum atomic E-state index is -0.0923. The highest BCUT2D eigenvalue weighted by molar-refractivity contribution is 7.80. The Bertz CT molecular complexity index is 773. The summed E-state index contributed by atoms with van der Waals surface area (Å²) in [5.74, 6) is 1.73. The average molecular weight is 387 g/mol. The molecule has 0 saturated carbocycles. The van der Waals surface area contributed by atoms with Gasteiger partial charge in [-0.25, -0.2) is 4.98 Å². The van der Waals surface area contributed by atoms with Gasteiger partial charge < -0.3 is 19.9 Å². The van der Waals surface area contributed by atoms with E-state index in [0.717, 1.165) is 43.1 Å². The molecule has 6 nitrogen and oxygen atoms in total. The fraction of sp³-hybridized carbons (Fsp3) is 0.450. The molecule has 0 bridgehead atoms. The maximum atomic E-state index is 12.5. The monoisotopic (exact) mass is 386 g/mol. The molecule has 27 heavy (non-hydrogen) atoms. The second-order valence-electron chi connectivity index (χ2n) is 6.75. The molecular formula is C20H26N4O2S. The number of amides is 1. The Kier molecular flexibility index (Phi) is 6.81. The zero-order valence-electron chi connectivity index (χ0n) is 15.6. The number of unbranched alkanes of at least 4 members (excludes halogenated alkanes) is 2. The Morgan fingerprint density at radius 1 is 1.33 bits per heavy atom. The van der Waals surface area contributed by atoms with Crippen LogP contribution in [0, 0.1) is 5.92 Å². The Morgan fingerprint density at radius 3 is 2.93 bits per heavy atom. The van der Waals surface area contributed by atoms with Gasteiger partial charge in [0.1, 0.15) is 11.6 Å². The predicted octanol–water partition coefficient (Wildman–Crippen LogP) is 3.53. The van der Waals surface area contributed by atoms with Gasteiger partial charge in [-0.15, -0.1) is 0 Å². The number of imidazole rings is 1. The number of nitrogens with zero attached hydrogens (tertiary/aromatic N) is 2. The largest absolute Gasteiger partial charge is 0.494 e. The third-order valence-corrected chi connectivity index (χ3v) is 4.88. The van der Waals surface area contributed by atoms with Crippen LogP contribution in [0.25, 0.3) is 0 Å². The molecule has 1 amide bonds. The number of fused-ring (bicyclic) bond motifs is 1. The number of rotatable bonds is 7. The summed E-state index contributed by atoms with van der Waals surface area (Å²) in [6.45, 7) is 3.55. The van der Waals surface area contributed by atoms with E-state index >= 15 is 0 Å². The number of aryl methyl sites for hydroxylation is 1. The summed E-state index contributed by atoms with van der Waals surface area (Å²) >= 11 is 5.28. The molecule has 2 heterocycles. The van der Waals surface area contributed by atoms with Crippen LogP contribution in [0.15, 0.2) is 36.7 Å². The van der Waals surface area contributed by atoms with E-state index in [1.165, 1.54) is 12.8 Å². The maximum Gasteiger partial charge on any atom is 0.231 e. The number of benzene rings is 1. The zero-order chi connectivity index (χ0) is 19.1. The molecule has 1 aromatic heterocycles. The van der Waals surface area contributed by atoms with Crippen LogP contribution in [0.4, 0.5) is 5.69 Å². The smallest absolute Gasteiger partial charge is 0.231 e. The van der Waals surface area contributed by atoms with Gasteiger partial charge in [-0.2, -0.15) is 0 Å². The Morgan fingerprint density at radius 2 is 2.15 bits per heavy atom. The summed E-state index contributed by atoms with van der Waals surface area (Å²) in [5, 5.41) is 6.17. The van der Waals surface area contributed by atoms with Crippen molar-refractivity contribution in [2.75, 3.05) is 11.9 Å². The molecule has 144 valence electrons. The second-order valence-corrected chi connectivity index (χ2v) is 7.16. The quantitative estimate of drug-likeness (QED) is 0.563. The second kappa shape index (κ2) is 9.50. The molecule has 7 heteroatoms. The predicted molar refractivity (Wildman–Crippen MR) is 110 cm³/mol. The molecular weight excluding hydrogens is 360 g/mol. The van der Waals surface area contributed by atoms with Crippen molar-refractivity contribution in [3.8, 4) is 5.75 Å². The molecule has 2 N–H and O–H groups in total. The van der Waals surface area contributed by atoms with Gasteiger partial charge in [0, 0.05) is 31.0 Å². The van der Waals surface area contributed by atoms with Gasteiger partial charge in [-0.05, 0) is 49.3 Å². The van der Waals surface area contributed by atoms with E-state index in [0.29, 0.717) is 11.7 Å². The average Bonchev–Trinajstić information content (AvgIpc) is 3.14. The van der Waals surface area contributed by atoms with Crippen LogP contribution in [0.5, 0.6) is 5.75 Å². The van der Waals surface area contributed by atoms with Crippen molar-refractivity contribution < 1.29 is 9.53 Å². The summed E-state index contributed by atoms with van der Waals surface area (Å²) < 4.78 is 7.73. The first-order chi connectivity index (χ1) is 13.2. The minimum Gasteiger partial charge on any atom is -0.494 e. The number of carbonyl (C=O) groups excluding carboxylic acids is 1. The van der Waals surface area contributed by atoms with Crippen LogP contribution in [0.1, 0.15) is 38.4 Å². The van der Waals surface area contributed by atoms with E-state index < -0.39 is 0 Å². The van der Waals surface area contributed by atoms with Gasteiger partial charge in [-0.1, -0.05) is 19.8 Å². The molecule has 1 aliphatic heterocycles. The van der Waals surface area contributed by atoms with Crippen LogP contribution in [-0.4, -0.2) is 27.2 Å². The summed E-state index contributed by atoms with van der Waals surface area (Å²) in [5.41, 5.74) is 0.821. The number of hydrogen-bond donors (Lipinski definition) is 2. The lowest BCUT2D eigenvalue weighted by molar-refractivity contribution is -0.124. The van der Waals surface area contributed by atoms with Gasteiger partial charge in [0.25, 0.3) is 0 Å². The molecule has 2 aromatic rings. The van der Waals surface area contributed by atoms with E-state index in [9.17, 15) is 4.79 Å². The summed E-state index contributed by atoms with van der Waals surface area (Å²) in [7, 11) is 0. The number of carbonyl (C=O) groups is 1. The number of anilines is 1. The zero-order valence-corrected chi connectivity index (χ0v) is 16.4. The lowest BCUT2D eigenvalue weighted by Gasteiger charge is -2.23. The Balaban J connectivity index is 1.44. The molecule has 1 aromatic carbocycles. The Hall–Kier alpha value is -2.41. The first-order valence-electron chi connectivity index (χ1n) is 9.50. The molecule has 0 radical (unpaired) electrons. The normalized spacial score (nSPS) is 15.7. The van der Waals surface area contributed by atoms with Gasteiger partial charge >= 0.3 is 0 Å². The lowest BCUT2D eigenvalue weighted by atomic mass is 9.99. The van der Waals surface area contributed by atoms with Crippen molar-refractivity contribution in [3.05, 3.63) is 42.5 Å². The summed E-state index contributed by atoms with van der Waals surface area (Å²) in [4.78, 5) is 16.7. The highest BCUT2D eigenvalue weighted by Crippen LogP contribution is 2.19. The van der Waals surface area contributed by atoms with Crippen LogP contribution < -0.4 is 15.4 Å². The van der Waals surface area contributed by atoms with Crippen LogP contribution in [0.3, 0.4) is 0 Å². The van der Waals surface area contributed by atoms with Crippen molar-refractivity contribution in [2.24, 2.45) is 5.92 Å². The fourth-order valence-corrected chi connectivity index (χ4v) is 3.35. The minimum absolute atomic E-state index is 0.0530. The topological polar surface area (TPSA) is 68.2 Å². The first-order valence-corrected chi connectivity index (χ1v) is 9.91. The van der Waals surface area contributed by atoms with Gasteiger partial charge in [-0.3, -0.25) is 4.79 Å². The number of thiocarbonyl (C=S) groups is 1. The van der Waals surface area contributed by atoms with Crippen molar-refractivity contribution in [1.29, 1.82) is 0 Å². The van der Waals surface area contributed by atoms with Gasteiger partial charge in [0.05, 0.1) is 12.5 Å². The highest BCUT2D eigenvalue weighted by Gasteiger charge is 2.25. The number of aromatic nitrogens is 2. The highest BCUT2D eigenvalue weighted by atomic mass is 32.1. The fourth-order valence-electron chi connectivity index (χ4n) is 3.13. The molecule has 0 aliphatic carbocycles. The van der Waals surface area contributed by atoms with Crippen LogP contribution in [-0.2, 0) is 17.8 Å². The van der Waals surface area contributed by atoms with Crippen LogP contribution >= 0.6 is 12.2 Å². The lowest BCUT2D eigenvalue weighted by Crippen LogP contribution is -2.41. The standard InChI is InChI=1S/C20H26N4O2S/c1-2-3-4-13-26-17-8-6-16(7-9-17)22-20(27)23-19(25)15-5-10-18-21-11-12-24(18)14-15/h6-9,11-12,15H,2-5,10,13-14H2,1H3,(H2,22,23,25,27). The summed E-state index contributed by atoms with van der Waals surface area (Å²) in [6, 6.07) is 7.60. The van der Waals surface area contributed by atoms with E-state index in [-0.39, 0.29) is 11.8 Å². The third-order valence-electron chi connectivity index (χ3n) is 4.67. The molecule has 0 fully saturated rings.